The number of nitro benzene ring substituents is 1. The van der Waals surface area contributed by atoms with Gasteiger partial charge in [0.2, 0.25) is 5.91 Å². The van der Waals surface area contributed by atoms with Crippen LogP contribution < -0.4 is 15.5 Å². The lowest BCUT2D eigenvalue weighted by Crippen LogP contribution is -2.34. The van der Waals surface area contributed by atoms with E-state index in [-0.39, 0.29) is 23.7 Å². The van der Waals surface area contributed by atoms with E-state index in [1.807, 2.05) is 11.0 Å². The van der Waals surface area contributed by atoms with E-state index in [1.54, 1.807) is 36.4 Å². The first-order valence-electron chi connectivity index (χ1n) is 9.60. The maximum absolute atomic E-state index is 12.4. The Morgan fingerprint density at radius 1 is 1.14 bits per heavy atom. The van der Waals surface area contributed by atoms with Crippen LogP contribution in [0, 0.1) is 16.0 Å². The molecule has 8 heteroatoms. The molecule has 8 nitrogen and oxygen atoms in total. The number of nitrogens with one attached hydrogen (secondary N) is 2. The van der Waals surface area contributed by atoms with Gasteiger partial charge in [-0.2, -0.15) is 0 Å². The number of piperidine rings is 1. The van der Waals surface area contributed by atoms with Crippen LogP contribution in [0.2, 0.25) is 0 Å². The molecule has 0 bridgehead atoms. The number of carbonyl (C=O) groups excluding carboxylic acids is 2. The number of hydrogen-bond donors (Lipinski definition) is 2. The molecule has 0 aliphatic carbocycles. The zero-order chi connectivity index (χ0) is 20.8. The Morgan fingerprint density at radius 2 is 1.83 bits per heavy atom. The highest BCUT2D eigenvalue weighted by atomic mass is 16.6. The number of nitrogens with zero attached hydrogens (tertiary/aromatic N) is 2. The first-order valence-corrected chi connectivity index (χ1v) is 9.60. The summed E-state index contributed by atoms with van der Waals surface area (Å²) < 4.78 is 0. The molecule has 0 spiro atoms. The third-order valence-corrected chi connectivity index (χ3v) is 5.03. The van der Waals surface area contributed by atoms with Gasteiger partial charge in [-0.3, -0.25) is 19.7 Å². The molecule has 1 aliphatic heterocycles. The summed E-state index contributed by atoms with van der Waals surface area (Å²) in [6.07, 6.45) is 1.96. The maximum atomic E-state index is 12.4. The molecular weight excluding hydrogens is 372 g/mol. The lowest BCUT2D eigenvalue weighted by atomic mass is 9.98. The normalized spacial score (nSPS) is 14.3. The Labute approximate surface area is 169 Å². The highest BCUT2D eigenvalue weighted by Crippen LogP contribution is 2.32. The molecule has 0 aromatic heterocycles. The van der Waals surface area contributed by atoms with Crippen molar-refractivity contribution in [2.75, 3.05) is 29.9 Å². The van der Waals surface area contributed by atoms with E-state index in [0.717, 1.165) is 25.9 Å². The molecule has 0 unspecified atom stereocenters. The van der Waals surface area contributed by atoms with E-state index in [1.165, 1.54) is 6.07 Å². The molecule has 1 fully saturated rings. The molecule has 3 rings (SSSR count). The molecule has 2 N–H and O–H groups in total. The lowest BCUT2D eigenvalue weighted by molar-refractivity contribution is -0.384. The molecule has 1 heterocycles. The molecule has 0 radical (unpaired) electrons. The molecule has 2 aromatic carbocycles. The van der Waals surface area contributed by atoms with Gasteiger partial charge in [-0.05, 0) is 43.0 Å². The van der Waals surface area contributed by atoms with E-state index in [2.05, 4.69) is 17.6 Å². The van der Waals surface area contributed by atoms with Crippen molar-refractivity contribution in [1.82, 2.24) is 5.32 Å². The molecule has 29 heavy (non-hydrogen) atoms. The maximum Gasteiger partial charge on any atom is 0.293 e. The van der Waals surface area contributed by atoms with Crippen LogP contribution in [0.5, 0.6) is 0 Å². The standard InChI is InChI=1S/C21H24N4O4/c1-15-9-11-24(12-10-15)18-8-7-16(13-19(18)25(28)29)21(27)22-14-20(26)23-17-5-3-2-4-6-17/h2-8,13,15H,9-12,14H2,1H3,(H,22,27)(H,23,26). The average molecular weight is 396 g/mol. The number of carbonyl (C=O) groups is 2. The van der Waals surface area contributed by atoms with E-state index in [9.17, 15) is 19.7 Å². The third kappa shape index (κ3) is 5.31. The summed E-state index contributed by atoms with van der Waals surface area (Å²) in [5, 5.41) is 16.7. The summed E-state index contributed by atoms with van der Waals surface area (Å²) in [6, 6.07) is 13.3. The van der Waals surface area contributed by atoms with Gasteiger partial charge in [-0.25, -0.2) is 0 Å². The SMILES string of the molecule is CC1CCN(c2ccc(C(=O)NCC(=O)Nc3ccccc3)cc2[N+](=O)[O-])CC1. The Bertz CT molecular complexity index is 893. The summed E-state index contributed by atoms with van der Waals surface area (Å²) in [5.74, 6) is -0.300. The molecule has 2 aromatic rings. The predicted octanol–water partition coefficient (Wildman–Crippen LogP) is 3.20. The van der Waals surface area contributed by atoms with Gasteiger partial charge in [0, 0.05) is 30.4 Å². The van der Waals surface area contributed by atoms with Gasteiger partial charge < -0.3 is 15.5 Å². The fraction of sp³-hybridized carbons (Fsp3) is 0.333. The average Bonchev–Trinajstić information content (AvgIpc) is 2.73. The number of anilines is 2. The van der Waals surface area contributed by atoms with Crippen LogP contribution in [-0.4, -0.2) is 36.4 Å². The van der Waals surface area contributed by atoms with Crippen molar-refractivity contribution in [1.29, 1.82) is 0 Å². The second-order valence-electron chi connectivity index (χ2n) is 7.23. The molecule has 0 saturated carbocycles. The minimum atomic E-state index is -0.532. The Morgan fingerprint density at radius 3 is 2.48 bits per heavy atom. The van der Waals surface area contributed by atoms with Gasteiger partial charge in [0.15, 0.2) is 0 Å². The number of benzene rings is 2. The fourth-order valence-electron chi connectivity index (χ4n) is 3.32. The largest absolute Gasteiger partial charge is 0.366 e. The molecule has 1 aliphatic rings. The summed E-state index contributed by atoms with van der Waals surface area (Å²) in [5.41, 5.74) is 1.21. The summed E-state index contributed by atoms with van der Waals surface area (Å²) in [4.78, 5) is 37.4. The van der Waals surface area contributed by atoms with Gasteiger partial charge in [0.25, 0.3) is 11.6 Å². The number of rotatable bonds is 6. The Hall–Kier alpha value is -3.42. The lowest BCUT2D eigenvalue weighted by Gasteiger charge is -2.31. The number of amides is 2. The van der Waals surface area contributed by atoms with Crippen molar-refractivity contribution in [3.8, 4) is 0 Å². The molecule has 0 atom stereocenters. The Balaban J connectivity index is 1.65. The second kappa shape index (κ2) is 9.18. The van der Waals surface area contributed by atoms with Crippen molar-refractivity contribution >= 4 is 28.9 Å². The van der Waals surface area contributed by atoms with E-state index < -0.39 is 10.8 Å². The summed E-state index contributed by atoms with van der Waals surface area (Å²) >= 11 is 0. The van der Waals surface area contributed by atoms with Crippen LogP contribution in [-0.2, 0) is 4.79 Å². The van der Waals surface area contributed by atoms with Gasteiger partial charge in [-0.1, -0.05) is 25.1 Å². The second-order valence-corrected chi connectivity index (χ2v) is 7.23. The van der Waals surface area contributed by atoms with Crippen LogP contribution in [0.15, 0.2) is 48.5 Å². The van der Waals surface area contributed by atoms with Gasteiger partial charge >= 0.3 is 0 Å². The Kier molecular flexibility index (Phi) is 6.43. The van der Waals surface area contributed by atoms with Gasteiger partial charge in [0.05, 0.1) is 11.5 Å². The highest BCUT2D eigenvalue weighted by molar-refractivity contribution is 6.00. The van der Waals surface area contributed by atoms with Gasteiger partial charge in [-0.15, -0.1) is 0 Å². The molecule has 1 saturated heterocycles. The van der Waals surface area contributed by atoms with E-state index in [0.29, 0.717) is 17.3 Å². The molecule has 152 valence electrons. The first-order chi connectivity index (χ1) is 13.9. The summed E-state index contributed by atoms with van der Waals surface area (Å²) in [6.45, 7) is 3.46. The number of hydrogen-bond acceptors (Lipinski definition) is 5. The quantitative estimate of drug-likeness (QED) is 0.576. The van der Waals surface area contributed by atoms with E-state index in [4.69, 9.17) is 0 Å². The zero-order valence-electron chi connectivity index (χ0n) is 16.3. The highest BCUT2D eigenvalue weighted by Gasteiger charge is 2.24. The predicted molar refractivity (Wildman–Crippen MR) is 111 cm³/mol. The zero-order valence-corrected chi connectivity index (χ0v) is 16.3. The van der Waals surface area contributed by atoms with E-state index >= 15 is 0 Å². The fourth-order valence-corrected chi connectivity index (χ4v) is 3.32. The monoisotopic (exact) mass is 396 g/mol. The van der Waals surface area contributed by atoms with Crippen molar-refractivity contribution in [2.45, 2.75) is 19.8 Å². The number of para-hydroxylation sites is 1. The summed E-state index contributed by atoms with van der Waals surface area (Å²) in [7, 11) is 0. The van der Waals surface area contributed by atoms with Crippen molar-refractivity contribution in [3.63, 3.8) is 0 Å². The van der Waals surface area contributed by atoms with Crippen LogP contribution in [0.25, 0.3) is 0 Å². The van der Waals surface area contributed by atoms with Crippen LogP contribution in [0.3, 0.4) is 0 Å². The smallest absolute Gasteiger partial charge is 0.293 e. The molecule has 2 amide bonds. The van der Waals surface area contributed by atoms with Crippen LogP contribution in [0.1, 0.15) is 30.1 Å². The minimum absolute atomic E-state index is 0.0964. The number of nitro groups is 1. The van der Waals surface area contributed by atoms with Crippen molar-refractivity contribution in [2.24, 2.45) is 5.92 Å². The molecular formula is C21H24N4O4. The van der Waals surface area contributed by atoms with Gasteiger partial charge in [0.1, 0.15) is 5.69 Å². The van der Waals surface area contributed by atoms with Crippen molar-refractivity contribution < 1.29 is 14.5 Å². The van der Waals surface area contributed by atoms with Crippen LogP contribution >= 0.6 is 0 Å². The van der Waals surface area contributed by atoms with Crippen molar-refractivity contribution in [3.05, 3.63) is 64.2 Å². The minimum Gasteiger partial charge on any atom is -0.366 e. The van der Waals surface area contributed by atoms with Crippen LogP contribution in [0.4, 0.5) is 17.1 Å². The first kappa shape index (κ1) is 20.3. The third-order valence-electron chi connectivity index (χ3n) is 5.03. The topological polar surface area (TPSA) is 105 Å².